The quantitative estimate of drug-likeness (QED) is 0.597. The Morgan fingerprint density at radius 3 is 2.30 bits per heavy atom. The second-order valence-corrected chi connectivity index (χ2v) is 6.90. The number of rotatable bonds is 4. The minimum Gasteiger partial charge on any atom is -0.461 e. The molecule has 0 spiro atoms. The molecule has 1 aromatic carbocycles. The van der Waals surface area contributed by atoms with Crippen molar-refractivity contribution in [2.75, 3.05) is 13.1 Å². The normalized spacial score (nSPS) is 30.3. The van der Waals surface area contributed by atoms with E-state index in [9.17, 15) is 14.4 Å². The first-order valence-electron chi connectivity index (χ1n) is 8.97. The average molecular weight is 376 g/mol. The first-order valence-corrected chi connectivity index (χ1v) is 8.97. The van der Waals surface area contributed by atoms with Crippen molar-refractivity contribution in [2.24, 2.45) is 5.73 Å². The van der Waals surface area contributed by atoms with E-state index in [1.54, 1.807) is 30.3 Å². The summed E-state index contributed by atoms with van der Waals surface area (Å²) in [5.41, 5.74) is 6.64. The van der Waals surface area contributed by atoms with Crippen LogP contribution >= 0.6 is 0 Å². The number of hydrogen-bond acceptors (Lipinski definition) is 8. The fraction of sp³-hybridized carbons (Fsp3) is 0.526. The van der Waals surface area contributed by atoms with Crippen molar-refractivity contribution in [2.45, 2.75) is 50.7 Å². The summed E-state index contributed by atoms with van der Waals surface area (Å²) in [5.74, 6) is -1.46. The molecule has 0 aliphatic carbocycles. The molecule has 8 heteroatoms. The summed E-state index contributed by atoms with van der Waals surface area (Å²) in [6.07, 6.45) is -1.49. The molecule has 2 aliphatic heterocycles. The molecule has 2 heterocycles. The SMILES string of the molecule is CC(=O)OC1CCN2CC(N)C(OC(=O)c3ccccc3)C(OC(C)=O)C12. The van der Waals surface area contributed by atoms with Gasteiger partial charge in [0.1, 0.15) is 6.10 Å². The van der Waals surface area contributed by atoms with E-state index in [2.05, 4.69) is 0 Å². The summed E-state index contributed by atoms with van der Waals surface area (Å²) in [6.45, 7) is 3.74. The molecule has 0 radical (unpaired) electrons. The van der Waals surface area contributed by atoms with Crippen LogP contribution in [0, 0.1) is 0 Å². The number of fused-ring (bicyclic) bond motifs is 1. The summed E-state index contributed by atoms with van der Waals surface area (Å²) >= 11 is 0. The predicted octanol–water partition coefficient (Wildman–Crippen LogP) is 0.491. The van der Waals surface area contributed by atoms with E-state index in [0.717, 1.165) is 0 Å². The highest BCUT2D eigenvalue weighted by molar-refractivity contribution is 5.89. The fourth-order valence-electron chi connectivity index (χ4n) is 3.88. The van der Waals surface area contributed by atoms with Crippen molar-refractivity contribution in [3.63, 3.8) is 0 Å². The predicted molar refractivity (Wildman–Crippen MR) is 94.7 cm³/mol. The second-order valence-electron chi connectivity index (χ2n) is 6.90. The highest BCUT2D eigenvalue weighted by atomic mass is 16.6. The van der Waals surface area contributed by atoms with Crippen molar-refractivity contribution < 1.29 is 28.6 Å². The van der Waals surface area contributed by atoms with Crippen molar-refractivity contribution in [3.8, 4) is 0 Å². The van der Waals surface area contributed by atoms with Gasteiger partial charge in [0.2, 0.25) is 0 Å². The number of carbonyl (C=O) groups excluding carboxylic acids is 3. The van der Waals surface area contributed by atoms with E-state index in [0.29, 0.717) is 25.1 Å². The lowest BCUT2D eigenvalue weighted by atomic mass is 9.91. The number of benzene rings is 1. The number of carbonyl (C=O) groups is 3. The van der Waals surface area contributed by atoms with Crippen LogP contribution in [0.4, 0.5) is 0 Å². The maximum absolute atomic E-state index is 12.5. The lowest BCUT2D eigenvalue weighted by molar-refractivity contribution is -0.173. The highest BCUT2D eigenvalue weighted by Gasteiger charge is 2.53. The Labute approximate surface area is 157 Å². The Morgan fingerprint density at radius 1 is 1.00 bits per heavy atom. The molecule has 2 fully saturated rings. The summed E-state index contributed by atoms with van der Waals surface area (Å²) in [5, 5.41) is 0. The third-order valence-corrected chi connectivity index (χ3v) is 4.90. The van der Waals surface area contributed by atoms with Crippen molar-refractivity contribution in [3.05, 3.63) is 35.9 Å². The van der Waals surface area contributed by atoms with Gasteiger partial charge in [-0.1, -0.05) is 18.2 Å². The van der Waals surface area contributed by atoms with Crippen LogP contribution in [0.15, 0.2) is 30.3 Å². The molecule has 0 bridgehead atoms. The van der Waals surface area contributed by atoms with E-state index >= 15 is 0 Å². The molecule has 146 valence electrons. The molecule has 5 atom stereocenters. The van der Waals surface area contributed by atoms with E-state index in [1.165, 1.54) is 13.8 Å². The number of esters is 3. The van der Waals surface area contributed by atoms with Crippen LogP contribution < -0.4 is 5.73 Å². The maximum atomic E-state index is 12.5. The molecule has 5 unspecified atom stereocenters. The standard InChI is InChI=1S/C19H24N2O6/c1-11(22)25-15-8-9-21-10-14(20)17(18(16(15)21)26-12(2)23)27-19(24)13-6-4-3-5-7-13/h3-7,14-18H,8-10,20H2,1-2H3. The molecule has 27 heavy (non-hydrogen) atoms. The Bertz CT molecular complexity index is 709. The van der Waals surface area contributed by atoms with E-state index < -0.39 is 48.3 Å². The van der Waals surface area contributed by atoms with Gasteiger partial charge in [-0.2, -0.15) is 0 Å². The minimum absolute atomic E-state index is 0.386. The van der Waals surface area contributed by atoms with Crippen LogP contribution in [0.25, 0.3) is 0 Å². The molecule has 2 aliphatic rings. The molecule has 2 N–H and O–H groups in total. The molecule has 0 saturated carbocycles. The summed E-state index contributed by atoms with van der Waals surface area (Å²) in [6, 6.07) is 7.61. The molecule has 3 rings (SSSR count). The zero-order chi connectivity index (χ0) is 19.6. The van der Waals surface area contributed by atoms with Crippen LogP contribution in [0.5, 0.6) is 0 Å². The van der Waals surface area contributed by atoms with Gasteiger partial charge in [0.15, 0.2) is 12.2 Å². The Hall–Kier alpha value is -2.45. The molecule has 0 amide bonds. The van der Waals surface area contributed by atoms with Gasteiger partial charge in [0.25, 0.3) is 0 Å². The lowest BCUT2D eigenvalue weighted by Gasteiger charge is -2.44. The van der Waals surface area contributed by atoms with Crippen LogP contribution in [-0.2, 0) is 23.8 Å². The Balaban J connectivity index is 1.85. The van der Waals surface area contributed by atoms with Crippen LogP contribution in [0.1, 0.15) is 30.6 Å². The Kier molecular flexibility index (Phi) is 5.76. The van der Waals surface area contributed by atoms with Crippen LogP contribution in [0.3, 0.4) is 0 Å². The van der Waals surface area contributed by atoms with Gasteiger partial charge in [0, 0.05) is 26.9 Å². The van der Waals surface area contributed by atoms with Gasteiger partial charge >= 0.3 is 17.9 Å². The molecular formula is C19H24N2O6. The monoisotopic (exact) mass is 376 g/mol. The molecule has 8 nitrogen and oxygen atoms in total. The lowest BCUT2D eigenvalue weighted by Crippen LogP contribution is -2.66. The van der Waals surface area contributed by atoms with Gasteiger partial charge in [-0.05, 0) is 18.6 Å². The maximum Gasteiger partial charge on any atom is 0.338 e. The van der Waals surface area contributed by atoms with Crippen molar-refractivity contribution >= 4 is 17.9 Å². The molecule has 1 aromatic rings. The molecular weight excluding hydrogens is 352 g/mol. The third kappa shape index (κ3) is 4.28. The number of piperidine rings is 1. The van der Waals surface area contributed by atoms with Crippen molar-refractivity contribution in [1.29, 1.82) is 0 Å². The number of nitrogens with two attached hydrogens (primary N) is 1. The topological polar surface area (TPSA) is 108 Å². The third-order valence-electron chi connectivity index (χ3n) is 4.90. The van der Waals surface area contributed by atoms with Crippen LogP contribution in [0.2, 0.25) is 0 Å². The average Bonchev–Trinajstić information content (AvgIpc) is 2.99. The zero-order valence-electron chi connectivity index (χ0n) is 15.4. The highest BCUT2D eigenvalue weighted by Crippen LogP contribution is 2.33. The molecule has 2 saturated heterocycles. The second kappa shape index (κ2) is 8.06. The summed E-state index contributed by atoms with van der Waals surface area (Å²) in [7, 11) is 0. The van der Waals surface area contributed by atoms with E-state index in [4.69, 9.17) is 19.9 Å². The number of ether oxygens (including phenoxy) is 3. The van der Waals surface area contributed by atoms with E-state index in [-0.39, 0.29) is 0 Å². The number of hydrogen-bond donors (Lipinski definition) is 1. The summed E-state index contributed by atoms with van der Waals surface area (Å²) in [4.78, 5) is 37.7. The fourth-order valence-corrected chi connectivity index (χ4v) is 3.88. The molecule has 0 aromatic heterocycles. The smallest absolute Gasteiger partial charge is 0.338 e. The van der Waals surface area contributed by atoms with E-state index in [1.807, 2.05) is 4.90 Å². The van der Waals surface area contributed by atoms with Gasteiger partial charge < -0.3 is 19.9 Å². The number of nitrogens with zero attached hydrogens (tertiary/aromatic N) is 1. The van der Waals surface area contributed by atoms with Gasteiger partial charge in [-0.3, -0.25) is 14.5 Å². The van der Waals surface area contributed by atoms with Gasteiger partial charge in [-0.25, -0.2) is 4.79 Å². The van der Waals surface area contributed by atoms with Crippen LogP contribution in [-0.4, -0.2) is 66.3 Å². The zero-order valence-corrected chi connectivity index (χ0v) is 15.4. The summed E-state index contributed by atoms with van der Waals surface area (Å²) < 4.78 is 16.6. The van der Waals surface area contributed by atoms with Crippen molar-refractivity contribution in [1.82, 2.24) is 4.90 Å². The minimum atomic E-state index is -0.834. The first-order chi connectivity index (χ1) is 12.9. The Morgan fingerprint density at radius 2 is 1.67 bits per heavy atom. The van der Waals surface area contributed by atoms with Gasteiger partial charge in [-0.15, -0.1) is 0 Å². The largest absolute Gasteiger partial charge is 0.461 e. The first kappa shape index (κ1) is 19.3. The van der Waals surface area contributed by atoms with Gasteiger partial charge in [0.05, 0.1) is 17.6 Å².